The van der Waals surface area contributed by atoms with Crippen LogP contribution in [-0.2, 0) is 0 Å². The smallest absolute Gasteiger partial charge is 0.270 e. The van der Waals surface area contributed by atoms with Crippen LogP contribution in [0.1, 0.15) is 24.3 Å². The van der Waals surface area contributed by atoms with Crippen LogP contribution in [0.5, 0.6) is 5.75 Å². The number of nitrogens with zero attached hydrogens (tertiary/aromatic N) is 2. The van der Waals surface area contributed by atoms with Gasteiger partial charge in [-0.3, -0.25) is 4.79 Å². The molecule has 1 aromatic carbocycles. The van der Waals surface area contributed by atoms with Gasteiger partial charge in [-0.25, -0.2) is 4.68 Å². The van der Waals surface area contributed by atoms with Crippen LogP contribution in [0.25, 0.3) is 16.3 Å². The van der Waals surface area contributed by atoms with Gasteiger partial charge in [-0.05, 0) is 47.7 Å². The van der Waals surface area contributed by atoms with Gasteiger partial charge in [-0.2, -0.15) is 5.10 Å². The Morgan fingerprint density at radius 2 is 2.04 bits per heavy atom. The van der Waals surface area contributed by atoms with Crippen molar-refractivity contribution in [1.82, 2.24) is 15.1 Å². The molecular weight excluding hydrogens is 334 g/mol. The highest BCUT2D eigenvalue weighted by atomic mass is 32.1. The van der Waals surface area contributed by atoms with Gasteiger partial charge in [0.1, 0.15) is 17.1 Å². The molecule has 0 saturated heterocycles. The molecule has 1 amide bonds. The third-order valence-electron chi connectivity index (χ3n) is 3.70. The van der Waals surface area contributed by atoms with Crippen molar-refractivity contribution in [3.63, 3.8) is 0 Å². The SMILES string of the molecule is COc1ccc(-n2nc(-c3cccs3)cc2C(=O)NCC(C)C)cc1. The number of nitrogens with one attached hydrogen (secondary N) is 1. The monoisotopic (exact) mass is 355 g/mol. The van der Waals surface area contributed by atoms with Gasteiger partial charge in [0, 0.05) is 6.54 Å². The van der Waals surface area contributed by atoms with Crippen LogP contribution in [0.3, 0.4) is 0 Å². The normalized spacial score (nSPS) is 10.9. The molecule has 25 heavy (non-hydrogen) atoms. The topological polar surface area (TPSA) is 56.2 Å². The molecule has 2 heterocycles. The summed E-state index contributed by atoms with van der Waals surface area (Å²) in [6, 6.07) is 13.3. The van der Waals surface area contributed by atoms with Gasteiger partial charge in [-0.15, -0.1) is 11.3 Å². The molecule has 3 rings (SSSR count). The molecule has 130 valence electrons. The van der Waals surface area contributed by atoms with Crippen molar-refractivity contribution in [2.75, 3.05) is 13.7 Å². The Labute approximate surface area is 151 Å². The highest BCUT2D eigenvalue weighted by Crippen LogP contribution is 2.26. The van der Waals surface area contributed by atoms with Crippen molar-refractivity contribution in [2.24, 2.45) is 5.92 Å². The number of rotatable bonds is 6. The maximum atomic E-state index is 12.7. The zero-order valence-electron chi connectivity index (χ0n) is 14.5. The molecule has 1 N–H and O–H groups in total. The molecule has 0 aliphatic carbocycles. The molecule has 0 unspecified atom stereocenters. The van der Waals surface area contributed by atoms with Gasteiger partial charge in [0.2, 0.25) is 0 Å². The summed E-state index contributed by atoms with van der Waals surface area (Å²) in [6.45, 7) is 4.76. The highest BCUT2D eigenvalue weighted by Gasteiger charge is 2.18. The Kier molecular flexibility index (Phi) is 5.19. The zero-order valence-corrected chi connectivity index (χ0v) is 15.3. The summed E-state index contributed by atoms with van der Waals surface area (Å²) in [4.78, 5) is 13.7. The number of aromatic nitrogens is 2. The molecule has 2 aromatic heterocycles. The van der Waals surface area contributed by atoms with Gasteiger partial charge < -0.3 is 10.1 Å². The Bertz CT molecular complexity index is 836. The van der Waals surface area contributed by atoms with E-state index in [0.717, 1.165) is 22.0 Å². The lowest BCUT2D eigenvalue weighted by molar-refractivity contribution is 0.0941. The van der Waals surface area contributed by atoms with Crippen molar-refractivity contribution >= 4 is 17.2 Å². The molecule has 0 atom stereocenters. The first-order valence-corrected chi connectivity index (χ1v) is 9.03. The van der Waals surface area contributed by atoms with E-state index >= 15 is 0 Å². The third-order valence-corrected chi connectivity index (χ3v) is 4.60. The first kappa shape index (κ1) is 17.2. The standard InChI is InChI=1S/C19H21N3O2S/c1-13(2)12-20-19(23)17-11-16(18-5-4-10-25-18)21-22(17)14-6-8-15(24-3)9-7-14/h4-11,13H,12H2,1-3H3,(H,20,23). The minimum Gasteiger partial charge on any atom is -0.497 e. The van der Waals surface area contributed by atoms with Crippen molar-refractivity contribution in [1.29, 1.82) is 0 Å². The number of carbonyl (C=O) groups is 1. The van der Waals surface area contributed by atoms with Crippen molar-refractivity contribution in [2.45, 2.75) is 13.8 Å². The fourth-order valence-corrected chi connectivity index (χ4v) is 3.08. The van der Waals surface area contributed by atoms with E-state index in [2.05, 4.69) is 24.3 Å². The Hall–Kier alpha value is -2.60. The Morgan fingerprint density at radius 3 is 2.64 bits per heavy atom. The predicted octanol–water partition coefficient (Wildman–Crippen LogP) is 4.00. The summed E-state index contributed by atoms with van der Waals surface area (Å²) in [5.74, 6) is 1.03. The number of amides is 1. The van der Waals surface area contributed by atoms with E-state index in [9.17, 15) is 4.79 Å². The minimum atomic E-state index is -0.125. The van der Waals surface area contributed by atoms with E-state index in [1.807, 2.05) is 47.8 Å². The van der Waals surface area contributed by atoms with E-state index in [4.69, 9.17) is 4.74 Å². The van der Waals surface area contributed by atoms with Gasteiger partial charge >= 0.3 is 0 Å². The van der Waals surface area contributed by atoms with E-state index in [1.54, 1.807) is 23.1 Å². The average molecular weight is 355 g/mol. The van der Waals surface area contributed by atoms with E-state index < -0.39 is 0 Å². The summed E-state index contributed by atoms with van der Waals surface area (Å²) in [5, 5.41) is 9.62. The number of benzene rings is 1. The summed E-state index contributed by atoms with van der Waals surface area (Å²) in [5.41, 5.74) is 2.13. The molecule has 0 fully saturated rings. The maximum absolute atomic E-state index is 12.7. The van der Waals surface area contributed by atoms with Crippen LogP contribution in [0.15, 0.2) is 47.8 Å². The molecule has 0 aliphatic rings. The van der Waals surface area contributed by atoms with E-state index in [-0.39, 0.29) is 5.91 Å². The van der Waals surface area contributed by atoms with Crippen LogP contribution < -0.4 is 10.1 Å². The number of carbonyl (C=O) groups excluding carboxylic acids is 1. The van der Waals surface area contributed by atoms with Crippen LogP contribution in [0.2, 0.25) is 0 Å². The number of methoxy groups -OCH3 is 1. The average Bonchev–Trinajstić information content (AvgIpc) is 3.29. The van der Waals surface area contributed by atoms with Crippen LogP contribution in [-0.4, -0.2) is 29.3 Å². The summed E-state index contributed by atoms with van der Waals surface area (Å²) >= 11 is 1.60. The second kappa shape index (κ2) is 7.53. The number of hydrogen-bond donors (Lipinski definition) is 1. The predicted molar refractivity (Wildman–Crippen MR) is 101 cm³/mol. The molecule has 0 saturated carbocycles. The largest absolute Gasteiger partial charge is 0.497 e. The molecule has 5 nitrogen and oxygen atoms in total. The molecular formula is C19H21N3O2S. The lowest BCUT2D eigenvalue weighted by atomic mass is 10.2. The van der Waals surface area contributed by atoms with Gasteiger partial charge in [0.25, 0.3) is 5.91 Å². The zero-order chi connectivity index (χ0) is 17.8. The summed E-state index contributed by atoms with van der Waals surface area (Å²) in [6.07, 6.45) is 0. The lowest BCUT2D eigenvalue weighted by Gasteiger charge is -2.10. The maximum Gasteiger partial charge on any atom is 0.270 e. The Morgan fingerprint density at radius 1 is 1.28 bits per heavy atom. The number of hydrogen-bond acceptors (Lipinski definition) is 4. The Balaban J connectivity index is 2.00. The van der Waals surface area contributed by atoms with E-state index in [0.29, 0.717) is 18.2 Å². The van der Waals surface area contributed by atoms with E-state index in [1.165, 1.54) is 0 Å². The fourth-order valence-electron chi connectivity index (χ4n) is 2.40. The first-order valence-electron chi connectivity index (χ1n) is 8.15. The number of ether oxygens (including phenoxy) is 1. The molecule has 0 bridgehead atoms. The van der Waals surface area contributed by atoms with Crippen molar-refractivity contribution in [3.05, 3.63) is 53.5 Å². The highest BCUT2D eigenvalue weighted by molar-refractivity contribution is 7.13. The number of thiophene rings is 1. The molecule has 0 radical (unpaired) electrons. The molecule has 6 heteroatoms. The molecule has 0 spiro atoms. The fraction of sp³-hybridized carbons (Fsp3) is 0.263. The summed E-state index contributed by atoms with van der Waals surface area (Å²) in [7, 11) is 1.63. The molecule has 0 aliphatic heterocycles. The van der Waals surface area contributed by atoms with Crippen LogP contribution in [0, 0.1) is 5.92 Å². The van der Waals surface area contributed by atoms with Crippen molar-refractivity contribution < 1.29 is 9.53 Å². The van der Waals surface area contributed by atoms with Gasteiger partial charge in [-0.1, -0.05) is 19.9 Å². The van der Waals surface area contributed by atoms with Crippen LogP contribution in [0.4, 0.5) is 0 Å². The third kappa shape index (κ3) is 3.91. The second-order valence-corrected chi connectivity index (χ2v) is 7.05. The lowest BCUT2D eigenvalue weighted by Crippen LogP contribution is -2.29. The second-order valence-electron chi connectivity index (χ2n) is 6.11. The first-order chi connectivity index (χ1) is 12.1. The van der Waals surface area contributed by atoms with Crippen LogP contribution >= 0.6 is 11.3 Å². The molecule has 3 aromatic rings. The quantitative estimate of drug-likeness (QED) is 0.727. The van der Waals surface area contributed by atoms with Gasteiger partial charge in [0.05, 0.1) is 17.7 Å². The van der Waals surface area contributed by atoms with Gasteiger partial charge in [0.15, 0.2) is 0 Å². The van der Waals surface area contributed by atoms with Crippen molar-refractivity contribution in [3.8, 4) is 22.0 Å². The minimum absolute atomic E-state index is 0.125. The summed E-state index contributed by atoms with van der Waals surface area (Å²) < 4.78 is 6.89.